The highest BCUT2D eigenvalue weighted by Crippen LogP contribution is 2.11. The van der Waals surface area contributed by atoms with Gasteiger partial charge in [0.1, 0.15) is 12.9 Å². The van der Waals surface area contributed by atoms with Crippen LogP contribution in [-0.4, -0.2) is 17.9 Å². The standard InChI is InChI=1S/C9H11NO2/c1-7(10-12-2)8-4-3-5-9(11)6-8/h3-6,11H,1-2H3/b10-7+. The topological polar surface area (TPSA) is 41.8 Å². The molecule has 0 aliphatic carbocycles. The molecule has 12 heavy (non-hydrogen) atoms. The summed E-state index contributed by atoms with van der Waals surface area (Å²) in [6.45, 7) is 1.82. The fourth-order valence-electron chi connectivity index (χ4n) is 0.921. The maximum absolute atomic E-state index is 9.13. The van der Waals surface area contributed by atoms with E-state index in [-0.39, 0.29) is 5.75 Å². The fraction of sp³-hybridized carbons (Fsp3) is 0.222. The molecule has 0 radical (unpaired) electrons. The summed E-state index contributed by atoms with van der Waals surface area (Å²) in [6.07, 6.45) is 0. The minimum atomic E-state index is 0.234. The molecule has 0 fully saturated rings. The minimum Gasteiger partial charge on any atom is -0.508 e. The molecule has 0 aromatic heterocycles. The van der Waals surface area contributed by atoms with Gasteiger partial charge in [0.05, 0.1) is 5.71 Å². The Labute approximate surface area is 71.3 Å². The van der Waals surface area contributed by atoms with Gasteiger partial charge >= 0.3 is 0 Å². The number of phenols is 1. The zero-order chi connectivity index (χ0) is 8.97. The average molecular weight is 165 g/mol. The van der Waals surface area contributed by atoms with E-state index in [1.165, 1.54) is 7.11 Å². The Morgan fingerprint density at radius 3 is 2.83 bits per heavy atom. The van der Waals surface area contributed by atoms with Crippen LogP contribution < -0.4 is 0 Å². The second-order valence-corrected chi connectivity index (χ2v) is 2.41. The minimum absolute atomic E-state index is 0.234. The van der Waals surface area contributed by atoms with Gasteiger partial charge in [-0.05, 0) is 19.1 Å². The van der Waals surface area contributed by atoms with Crippen molar-refractivity contribution in [3.63, 3.8) is 0 Å². The lowest BCUT2D eigenvalue weighted by atomic mass is 10.1. The van der Waals surface area contributed by atoms with E-state index in [1.807, 2.05) is 13.0 Å². The Morgan fingerprint density at radius 2 is 2.25 bits per heavy atom. The summed E-state index contributed by atoms with van der Waals surface area (Å²) in [5.74, 6) is 0.234. The van der Waals surface area contributed by atoms with Gasteiger partial charge in [0.25, 0.3) is 0 Å². The van der Waals surface area contributed by atoms with Gasteiger partial charge in [-0.1, -0.05) is 17.3 Å². The molecule has 3 nitrogen and oxygen atoms in total. The molecule has 0 spiro atoms. The number of hydrogen-bond donors (Lipinski definition) is 1. The predicted octanol–water partition coefficient (Wildman–Crippen LogP) is 1.76. The molecule has 1 aromatic carbocycles. The second-order valence-electron chi connectivity index (χ2n) is 2.41. The molecule has 1 rings (SSSR count). The lowest BCUT2D eigenvalue weighted by Crippen LogP contribution is -1.94. The van der Waals surface area contributed by atoms with Crippen molar-refractivity contribution in [1.82, 2.24) is 0 Å². The van der Waals surface area contributed by atoms with Crippen molar-refractivity contribution in [2.75, 3.05) is 7.11 Å². The average Bonchev–Trinajstić information content (AvgIpc) is 2.05. The first-order valence-electron chi connectivity index (χ1n) is 3.61. The number of aromatic hydroxyl groups is 1. The van der Waals surface area contributed by atoms with Crippen molar-refractivity contribution in [3.8, 4) is 5.75 Å². The van der Waals surface area contributed by atoms with Gasteiger partial charge in [-0.25, -0.2) is 0 Å². The van der Waals surface area contributed by atoms with Crippen LogP contribution in [0.5, 0.6) is 5.75 Å². The second kappa shape index (κ2) is 3.76. The van der Waals surface area contributed by atoms with E-state index in [1.54, 1.807) is 18.2 Å². The van der Waals surface area contributed by atoms with Crippen LogP contribution in [0.15, 0.2) is 29.4 Å². The highest BCUT2D eigenvalue weighted by atomic mass is 16.6. The Bertz CT molecular complexity index is 294. The first-order valence-corrected chi connectivity index (χ1v) is 3.61. The quantitative estimate of drug-likeness (QED) is 0.536. The van der Waals surface area contributed by atoms with Gasteiger partial charge in [-0.3, -0.25) is 0 Å². The van der Waals surface area contributed by atoms with Crippen LogP contribution in [0.4, 0.5) is 0 Å². The van der Waals surface area contributed by atoms with Crippen LogP contribution in [0, 0.1) is 0 Å². The van der Waals surface area contributed by atoms with Crippen LogP contribution in [0.1, 0.15) is 12.5 Å². The fourth-order valence-corrected chi connectivity index (χ4v) is 0.921. The van der Waals surface area contributed by atoms with E-state index >= 15 is 0 Å². The predicted molar refractivity (Wildman–Crippen MR) is 47.3 cm³/mol. The van der Waals surface area contributed by atoms with Gasteiger partial charge in [-0.2, -0.15) is 0 Å². The first kappa shape index (κ1) is 8.59. The van der Waals surface area contributed by atoms with Crippen LogP contribution in [0.3, 0.4) is 0 Å². The highest BCUT2D eigenvalue weighted by molar-refractivity contribution is 5.98. The molecule has 0 saturated carbocycles. The summed E-state index contributed by atoms with van der Waals surface area (Å²) in [5.41, 5.74) is 1.60. The van der Waals surface area contributed by atoms with Gasteiger partial charge in [0, 0.05) is 5.56 Å². The molecule has 0 unspecified atom stereocenters. The number of nitrogens with zero attached hydrogens (tertiary/aromatic N) is 1. The van der Waals surface area contributed by atoms with Crippen LogP contribution in [0.25, 0.3) is 0 Å². The monoisotopic (exact) mass is 165 g/mol. The summed E-state index contributed by atoms with van der Waals surface area (Å²) in [5, 5.41) is 12.9. The SMILES string of the molecule is CO/N=C(\C)c1cccc(O)c1. The molecule has 0 aliphatic heterocycles. The Balaban J connectivity index is 2.95. The Kier molecular flexibility index (Phi) is 2.69. The molecule has 1 aromatic rings. The van der Waals surface area contributed by atoms with Crippen molar-refractivity contribution >= 4 is 5.71 Å². The van der Waals surface area contributed by atoms with Crippen molar-refractivity contribution < 1.29 is 9.94 Å². The third-order valence-electron chi connectivity index (χ3n) is 1.49. The third-order valence-corrected chi connectivity index (χ3v) is 1.49. The molecule has 3 heteroatoms. The van der Waals surface area contributed by atoms with E-state index in [0.29, 0.717) is 0 Å². The van der Waals surface area contributed by atoms with Gasteiger partial charge in [0.2, 0.25) is 0 Å². The van der Waals surface area contributed by atoms with Crippen LogP contribution in [-0.2, 0) is 4.84 Å². The third kappa shape index (κ3) is 1.99. The molecule has 0 aliphatic rings. The lowest BCUT2D eigenvalue weighted by molar-refractivity contribution is 0.213. The van der Waals surface area contributed by atoms with E-state index in [4.69, 9.17) is 5.11 Å². The lowest BCUT2D eigenvalue weighted by Gasteiger charge is -1.99. The molecule has 1 N–H and O–H groups in total. The van der Waals surface area contributed by atoms with Gasteiger partial charge < -0.3 is 9.94 Å². The van der Waals surface area contributed by atoms with E-state index in [0.717, 1.165) is 11.3 Å². The Morgan fingerprint density at radius 1 is 1.50 bits per heavy atom. The molecule has 0 amide bonds. The Hall–Kier alpha value is -1.51. The number of rotatable bonds is 2. The molecule has 0 saturated heterocycles. The van der Waals surface area contributed by atoms with E-state index in [9.17, 15) is 0 Å². The largest absolute Gasteiger partial charge is 0.508 e. The summed E-state index contributed by atoms with van der Waals surface area (Å²) in [6, 6.07) is 6.87. The van der Waals surface area contributed by atoms with Crippen LogP contribution in [0.2, 0.25) is 0 Å². The molecule has 64 valence electrons. The summed E-state index contributed by atoms with van der Waals surface area (Å²) >= 11 is 0. The van der Waals surface area contributed by atoms with Crippen molar-refractivity contribution in [2.24, 2.45) is 5.16 Å². The van der Waals surface area contributed by atoms with Gasteiger partial charge in [-0.15, -0.1) is 0 Å². The maximum Gasteiger partial charge on any atom is 0.116 e. The zero-order valence-electron chi connectivity index (χ0n) is 7.11. The molecule has 0 bridgehead atoms. The molecular weight excluding hydrogens is 154 g/mol. The van der Waals surface area contributed by atoms with Crippen LogP contribution >= 0.6 is 0 Å². The highest BCUT2D eigenvalue weighted by Gasteiger charge is 1.97. The molecular formula is C9H11NO2. The maximum atomic E-state index is 9.13. The summed E-state index contributed by atoms with van der Waals surface area (Å²) in [7, 11) is 1.49. The first-order chi connectivity index (χ1) is 5.74. The number of hydrogen-bond acceptors (Lipinski definition) is 3. The van der Waals surface area contributed by atoms with Crippen molar-refractivity contribution in [2.45, 2.75) is 6.92 Å². The molecule has 0 heterocycles. The normalized spacial score (nSPS) is 11.3. The van der Waals surface area contributed by atoms with E-state index < -0.39 is 0 Å². The van der Waals surface area contributed by atoms with E-state index in [2.05, 4.69) is 9.99 Å². The summed E-state index contributed by atoms with van der Waals surface area (Å²) < 4.78 is 0. The number of benzene rings is 1. The van der Waals surface area contributed by atoms with Crippen molar-refractivity contribution in [1.29, 1.82) is 0 Å². The summed E-state index contributed by atoms with van der Waals surface area (Å²) in [4.78, 5) is 4.60. The van der Waals surface area contributed by atoms with Gasteiger partial charge in [0.15, 0.2) is 0 Å². The molecule has 0 atom stereocenters. The smallest absolute Gasteiger partial charge is 0.116 e. The zero-order valence-corrected chi connectivity index (χ0v) is 7.11. The van der Waals surface area contributed by atoms with Crippen molar-refractivity contribution in [3.05, 3.63) is 29.8 Å². The number of phenolic OH excluding ortho intramolecular Hbond substituents is 1. The number of oxime groups is 1.